The summed E-state index contributed by atoms with van der Waals surface area (Å²) in [6.07, 6.45) is 13.8. The maximum Gasteiger partial charge on any atom is 0.155 e. The summed E-state index contributed by atoms with van der Waals surface area (Å²) in [5.41, 5.74) is 15.2. The zero-order valence-electron chi connectivity index (χ0n) is 48.2. The SMILES string of the molecule is CC1(C)c2cc(N(c3ccc(S(C)(C)C)cc3)c3cc(-c4ccccc4)cc(-c4ccccc4)c3F)ccc2-c2cc3ccc(N(c4ccc(S(C)(C)C)cc4)c4cc(-c5ccccc5)cc(-c5ccccc5)c4F)cc3c3cccc1c23. The van der Waals surface area contributed by atoms with Gasteiger partial charge in [-0.15, -0.1) is 0 Å². The van der Waals surface area contributed by atoms with Gasteiger partial charge < -0.3 is 9.80 Å². The third-order valence-electron chi connectivity index (χ3n) is 16.7. The minimum absolute atomic E-state index is 0.288. The lowest BCUT2D eigenvalue weighted by molar-refractivity contribution is 0.632. The van der Waals surface area contributed by atoms with Crippen LogP contribution in [0, 0.1) is 11.6 Å². The van der Waals surface area contributed by atoms with Crippen molar-refractivity contribution in [1.82, 2.24) is 0 Å². The van der Waals surface area contributed by atoms with Crippen LogP contribution in [0.3, 0.4) is 0 Å². The molecule has 410 valence electrons. The highest BCUT2D eigenvalue weighted by Crippen LogP contribution is 2.55. The van der Waals surface area contributed by atoms with Gasteiger partial charge in [0.2, 0.25) is 0 Å². The molecule has 0 saturated heterocycles. The first-order valence-corrected chi connectivity index (χ1v) is 33.9. The maximum absolute atomic E-state index is 18.0. The summed E-state index contributed by atoms with van der Waals surface area (Å²) < 4.78 is 36.0. The number of anilines is 6. The quantitative estimate of drug-likeness (QED) is 0.113. The van der Waals surface area contributed by atoms with Crippen LogP contribution < -0.4 is 9.80 Å². The predicted molar refractivity (Wildman–Crippen MR) is 357 cm³/mol. The topological polar surface area (TPSA) is 6.48 Å². The number of hydrogen-bond acceptors (Lipinski definition) is 2. The van der Waals surface area contributed by atoms with Crippen LogP contribution in [0.4, 0.5) is 42.9 Å². The zero-order valence-corrected chi connectivity index (χ0v) is 49.8. The van der Waals surface area contributed by atoms with Gasteiger partial charge in [0.25, 0.3) is 0 Å². The summed E-state index contributed by atoms with van der Waals surface area (Å²) in [6.45, 7) is 4.64. The second kappa shape index (κ2) is 20.9. The van der Waals surface area contributed by atoms with Gasteiger partial charge in [0.15, 0.2) is 11.6 Å². The van der Waals surface area contributed by atoms with Gasteiger partial charge >= 0.3 is 0 Å². The van der Waals surface area contributed by atoms with E-state index >= 15 is 8.78 Å². The van der Waals surface area contributed by atoms with E-state index in [0.717, 1.165) is 89.0 Å². The Morgan fingerprint density at radius 1 is 0.313 bits per heavy atom. The lowest BCUT2D eigenvalue weighted by atomic mass is 9.68. The highest BCUT2D eigenvalue weighted by Gasteiger charge is 2.36. The zero-order chi connectivity index (χ0) is 57.4. The Hall–Kier alpha value is -8.68. The summed E-state index contributed by atoms with van der Waals surface area (Å²) in [4.78, 5) is 6.79. The van der Waals surface area contributed by atoms with E-state index in [1.54, 1.807) is 0 Å². The molecule has 83 heavy (non-hydrogen) atoms. The lowest BCUT2D eigenvalue weighted by Gasteiger charge is -2.37. The predicted octanol–water partition coefficient (Wildman–Crippen LogP) is 22.3. The fourth-order valence-corrected chi connectivity index (χ4v) is 14.2. The average molecular weight is 1120 g/mol. The van der Waals surface area contributed by atoms with Gasteiger partial charge in [0, 0.05) is 39.3 Å². The molecule has 0 spiro atoms. The summed E-state index contributed by atoms with van der Waals surface area (Å²) >= 11 is 0. The summed E-state index contributed by atoms with van der Waals surface area (Å²) in [5.74, 6) is -0.579. The molecule has 12 aromatic rings. The van der Waals surface area contributed by atoms with Gasteiger partial charge in [-0.2, -0.15) is 0 Å². The van der Waals surface area contributed by atoms with E-state index in [9.17, 15) is 0 Å². The number of rotatable bonds is 12. The van der Waals surface area contributed by atoms with Crippen molar-refractivity contribution in [2.45, 2.75) is 29.1 Å². The minimum atomic E-state index is -1.03. The van der Waals surface area contributed by atoms with Crippen molar-refractivity contribution >= 4 is 75.7 Å². The molecule has 1 aliphatic carbocycles. The molecule has 0 heterocycles. The first kappa shape index (κ1) is 53.6. The van der Waals surface area contributed by atoms with E-state index in [1.807, 2.05) is 121 Å². The fraction of sp³-hybridized carbons (Fsp3) is 0.117. The number of fused-ring (bicyclic) bond motifs is 4. The minimum Gasteiger partial charge on any atom is -0.308 e. The first-order chi connectivity index (χ1) is 40.0. The summed E-state index contributed by atoms with van der Waals surface area (Å²) in [7, 11) is -2.06. The highest BCUT2D eigenvalue weighted by atomic mass is 32.3. The van der Waals surface area contributed by atoms with E-state index in [-0.39, 0.29) is 11.6 Å². The molecule has 0 radical (unpaired) electrons. The van der Waals surface area contributed by atoms with Crippen LogP contribution in [0.2, 0.25) is 0 Å². The Balaban J connectivity index is 0.999. The third kappa shape index (κ3) is 9.78. The Labute approximate surface area is 491 Å². The van der Waals surface area contributed by atoms with Crippen molar-refractivity contribution in [3.63, 3.8) is 0 Å². The molecular weight excluding hydrogens is 1050 g/mol. The van der Waals surface area contributed by atoms with Gasteiger partial charge in [0.1, 0.15) is 0 Å². The molecule has 0 saturated carbocycles. The van der Waals surface area contributed by atoms with E-state index < -0.39 is 25.5 Å². The number of hydrogen-bond donors (Lipinski definition) is 0. The molecule has 0 N–H and O–H groups in total. The van der Waals surface area contributed by atoms with E-state index in [4.69, 9.17) is 0 Å². The van der Waals surface area contributed by atoms with Crippen molar-refractivity contribution in [2.75, 3.05) is 47.3 Å². The van der Waals surface area contributed by atoms with Crippen LogP contribution in [0.15, 0.2) is 265 Å². The number of halogens is 2. The molecule has 0 aromatic heterocycles. The largest absolute Gasteiger partial charge is 0.308 e. The standard InChI is InChI=1S/C77H66F2N2S2/c1-77(2)70-31-21-30-65-66-49-60(80(58-34-39-62(40-35-58)82(3,4)5)72-47-56(51-22-13-9-14-23-51)45-67(75(72)78)53-26-17-11-18-27-53)33-32-55(66)44-69(74(65)70)64-43-38-61(50-71(64)77)81(59-36-41-63(42-37-59)83(6,7)8)73-48-57(52-24-15-10-16-25-52)46-68(76(73)79)54-28-19-12-20-29-54/h9-50H,1-8H3. The second-order valence-corrected chi connectivity index (χ2v) is 32.2. The van der Waals surface area contributed by atoms with Gasteiger partial charge in [-0.1, -0.05) is 166 Å². The smallest absolute Gasteiger partial charge is 0.155 e. The molecule has 2 nitrogen and oxygen atoms in total. The molecule has 1 aliphatic rings. The Morgan fingerprint density at radius 2 is 0.735 bits per heavy atom. The maximum atomic E-state index is 18.0. The normalized spacial score (nSPS) is 13.2. The second-order valence-electron chi connectivity index (χ2n) is 23.9. The van der Waals surface area contributed by atoms with Gasteiger partial charge in [-0.3, -0.25) is 0 Å². The average Bonchev–Trinajstić information content (AvgIpc) is 1.18. The lowest BCUT2D eigenvalue weighted by Crippen LogP contribution is -2.24. The van der Waals surface area contributed by atoms with E-state index in [2.05, 4.69) is 195 Å². The molecule has 0 fully saturated rings. The van der Waals surface area contributed by atoms with E-state index in [1.165, 1.54) is 20.7 Å². The summed E-state index contributed by atoms with van der Waals surface area (Å²) in [6, 6.07) is 88.2. The van der Waals surface area contributed by atoms with Crippen molar-refractivity contribution in [1.29, 1.82) is 0 Å². The number of benzene rings is 12. The van der Waals surface area contributed by atoms with Crippen LogP contribution in [-0.2, 0) is 5.41 Å². The van der Waals surface area contributed by atoms with Gasteiger partial charge in [-0.25, -0.2) is 28.8 Å². The molecule has 0 bridgehead atoms. The van der Waals surface area contributed by atoms with Crippen LogP contribution in [0.25, 0.3) is 77.2 Å². The first-order valence-electron chi connectivity index (χ1n) is 28.2. The molecule has 0 atom stereocenters. The van der Waals surface area contributed by atoms with Crippen molar-refractivity contribution in [2.24, 2.45) is 0 Å². The molecular formula is C77H66F2N2S2. The molecule has 12 aromatic carbocycles. The van der Waals surface area contributed by atoms with Crippen LogP contribution in [0.1, 0.15) is 25.0 Å². The van der Waals surface area contributed by atoms with Crippen molar-refractivity contribution in [3.8, 4) is 55.6 Å². The molecule has 0 amide bonds. The van der Waals surface area contributed by atoms with E-state index in [0.29, 0.717) is 22.5 Å². The van der Waals surface area contributed by atoms with Crippen LogP contribution in [-0.4, -0.2) is 37.5 Å². The summed E-state index contributed by atoms with van der Waals surface area (Å²) in [5, 5.41) is 4.48. The molecule has 0 unspecified atom stereocenters. The number of nitrogens with zero attached hydrogens (tertiary/aromatic N) is 2. The highest BCUT2D eigenvalue weighted by molar-refractivity contribution is 8.32. The van der Waals surface area contributed by atoms with Crippen molar-refractivity contribution < 1.29 is 8.78 Å². The Kier molecular flexibility index (Phi) is 13.5. The fourth-order valence-electron chi connectivity index (χ4n) is 12.3. The Bertz CT molecular complexity index is 4420. The molecule has 6 heteroatoms. The van der Waals surface area contributed by atoms with Crippen LogP contribution >= 0.6 is 20.1 Å². The van der Waals surface area contributed by atoms with Gasteiger partial charge in [0.05, 0.1) is 11.4 Å². The monoisotopic (exact) mass is 1120 g/mol. The van der Waals surface area contributed by atoms with Crippen molar-refractivity contribution in [3.05, 3.63) is 278 Å². The van der Waals surface area contributed by atoms with Gasteiger partial charge in [-0.05, 0) is 228 Å². The third-order valence-corrected chi connectivity index (χ3v) is 20.1. The molecule has 0 aliphatic heterocycles. The van der Waals surface area contributed by atoms with Crippen LogP contribution in [0.5, 0.6) is 0 Å². The Morgan fingerprint density at radius 3 is 1.19 bits per heavy atom. The molecule has 13 rings (SSSR count).